The molecule has 0 amide bonds. The Bertz CT molecular complexity index is 1260. The van der Waals surface area contributed by atoms with Gasteiger partial charge in [-0.2, -0.15) is 0 Å². The van der Waals surface area contributed by atoms with Crippen LogP contribution in [0.1, 0.15) is 27.2 Å². The van der Waals surface area contributed by atoms with Crippen LogP contribution in [0.25, 0.3) is 0 Å². The van der Waals surface area contributed by atoms with Crippen molar-refractivity contribution in [2.24, 2.45) is 0 Å². The van der Waals surface area contributed by atoms with Gasteiger partial charge in [0, 0.05) is 41.5 Å². The van der Waals surface area contributed by atoms with Crippen molar-refractivity contribution in [1.29, 1.82) is 0 Å². The molecule has 4 rings (SSSR count). The zero-order valence-electron chi connectivity index (χ0n) is 19.1. The predicted molar refractivity (Wildman–Crippen MR) is 135 cm³/mol. The molecule has 1 aromatic heterocycles. The second-order valence-electron chi connectivity index (χ2n) is 8.04. The number of anilines is 1. The second-order valence-corrected chi connectivity index (χ2v) is 8.04. The number of aromatic nitrogens is 1. The van der Waals surface area contributed by atoms with E-state index in [1.807, 2.05) is 48.5 Å². The maximum atomic E-state index is 13.0. The van der Waals surface area contributed by atoms with Crippen LogP contribution in [-0.2, 0) is 17.6 Å². The summed E-state index contributed by atoms with van der Waals surface area (Å²) in [6.45, 7) is 0.502. The summed E-state index contributed by atoms with van der Waals surface area (Å²) in [5, 5.41) is 12.9. The summed E-state index contributed by atoms with van der Waals surface area (Å²) in [7, 11) is 0. The van der Waals surface area contributed by atoms with Crippen molar-refractivity contribution < 1.29 is 19.4 Å². The monoisotopic (exact) mass is 466 g/mol. The van der Waals surface area contributed by atoms with Gasteiger partial charge in [0.25, 0.3) is 0 Å². The van der Waals surface area contributed by atoms with Gasteiger partial charge in [-0.3, -0.25) is 9.78 Å². The molecule has 0 aliphatic carbocycles. The summed E-state index contributed by atoms with van der Waals surface area (Å²) in [4.78, 5) is 29.3. The minimum absolute atomic E-state index is 0.162. The van der Waals surface area contributed by atoms with Crippen LogP contribution >= 0.6 is 0 Å². The molecule has 2 N–H and O–H groups in total. The lowest BCUT2D eigenvalue weighted by Gasteiger charge is -2.18. The van der Waals surface area contributed by atoms with Gasteiger partial charge in [0.2, 0.25) is 0 Å². The predicted octanol–water partition coefficient (Wildman–Crippen LogP) is 5.04. The Morgan fingerprint density at radius 2 is 1.57 bits per heavy atom. The smallest absolute Gasteiger partial charge is 0.326 e. The summed E-state index contributed by atoms with van der Waals surface area (Å²) < 4.78 is 5.79. The molecule has 0 spiro atoms. The van der Waals surface area contributed by atoms with Gasteiger partial charge in [-0.1, -0.05) is 60.7 Å². The van der Waals surface area contributed by atoms with E-state index < -0.39 is 12.0 Å². The summed E-state index contributed by atoms with van der Waals surface area (Å²) in [6, 6.07) is 28.2. The fourth-order valence-corrected chi connectivity index (χ4v) is 3.72. The zero-order valence-corrected chi connectivity index (χ0v) is 19.1. The molecule has 0 aliphatic heterocycles. The number of carboxylic acids is 1. The Hall–Kier alpha value is -4.45. The van der Waals surface area contributed by atoms with Crippen molar-refractivity contribution in [2.45, 2.75) is 18.9 Å². The normalized spacial score (nSPS) is 11.4. The van der Waals surface area contributed by atoms with Crippen molar-refractivity contribution in [2.75, 3.05) is 11.9 Å². The van der Waals surface area contributed by atoms with Crippen molar-refractivity contribution in [3.05, 3.63) is 126 Å². The van der Waals surface area contributed by atoms with E-state index in [9.17, 15) is 14.7 Å². The fraction of sp³-hybridized carbons (Fsp3) is 0.138. The lowest BCUT2D eigenvalue weighted by Crippen LogP contribution is -2.32. The largest absolute Gasteiger partial charge is 0.493 e. The van der Waals surface area contributed by atoms with Crippen LogP contribution in [-0.4, -0.2) is 34.5 Å². The Balaban J connectivity index is 1.40. The standard InChI is InChI=1S/C29H26N2O4/c32-28(22-8-2-1-3-9-22)25-11-4-5-12-26(25)31-27(29(33)34)20-21-13-15-24(16-14-21)35-19-17-23-10-6-7-18-30-23/h1-16,18,27,31H,17,19-20H2,(H,33,34)/t27-/m0/s1. The van der Waals surface area contributed by atoms with Gasteiger partial charge in [0.1, 0.15) is 11.8 Å². The highest BCUT2D eigenvalue weighted by Crippen LogP contribution is 2.22. The van der Waals surface area contributed by atoms with E-state index in [0.29, 0.717) is 35.6 Å². The number of hydrogen-bond donors (Lipinski definition) is 2. The average Bonchev–Trinajstić information content (AvgIpc) is 2.90. The molecule has 0 unspecified atom stereocenters. The van der Waals surface area contributed by atoms with E-state index in [2.05, 4.69) is 10.3 Å². The average molecular weight is 467 g/mol. The molecule has 1 atom stereocenters. The number of hydrogen-bond acceptors (Lipinski definition) is 5. The van der Waals surface area contributed by atoms with Crippen LogP contribution in [0, 0.1) is 0 Å². The topological polar surface area (TPSA) is 88.5 Å². The van der Waals surface area contributed by atoms with Crippen molar-refractivity contribution in [3.63, 3.8) is 0 Å². The van der Waals surface area contributed by atoms with Crippen LogP contribution in [0.2, 0.25) is 0 Å². The number of rotatable bonds is 11. The third-order valence-corrected chi connectivity index (χ3v) is 5.55. The molecule has 0 radical (unpaired) electrons. The first-order chi connectivity index (χ1) is 17.1. The number of aliphatic carboxylic acids is 1. The third kappa shape index (κ3) is 6.54. The zero-order chi connectivity index (χ0) is 24.5. The highest BCUT2D eigenvalue weighted by molar-refractivity contribution is 6.12. The molecule has 35 heavy (non-hydrogen) atoms. The van der Waals surface area contributed by atoms with Crippen molar-refractivity contribution in [1.82, 2.24) is 4.98 Å². The minimum Gasteiger partial charge on any atom is -0.493 e. The van der Waals surface area contributed by atoms with E-state index in [1.165, 1.54) is 0 Å². The first-order valence-electron chi connectivity index (χ1n) is 11.4. The molecule has 0 saturated carbocycles. The van der Waals surface area contributed by atoms with Gasteiger partial charge in [-0.15, -0.1) is 0 Å². The molecule has 0 bridgehead atoms. The quantitative estimate of drug-likeness (QED) is 0.301. The van der Waals surface area contributed by atoms with Gasteiger partial charge in [-0.05, 0) is 42.0 Å². The van der Waals surface area contributed by atoms with E-state index in [4.69, 9.17) is 4.74 Å². The van der Waals surface area contributed by atoms with Crippen molar-refractivity contribution >= 4 is 17.4 Å². The van der Waals surface area contributed by atoms with Gasteiger partial charge < -0.3 is 15.2 Å². The maximum absolute atomic E-state index is 13.0. The number of ketones is 1. The van der Waals surface area contributed by atoms with Crippen molar-refractivity contribution in [3.8, 4) is 5.75 Å². The Labute approximate surface area is 204 Å². The van der Waals surface area contributed by atoms with Gasteiger partial charge in [0.05, 0.1) is 6.61 Å². The number of carbonyl (C=O) groups is 2. The van der Waals surface area contributed by atoms with E-state index >= 15 is 0 Å². The number of nitrogens with one attached hydrogen (secondary N) is 1. The molecule has 6 nitrogen and oxygen atoms in total. The fourth-order valence-electron chi connectivity index (χ4n) is 3.72. The van der Waals surface area contributed by atoms with Gasteiger partial charge in [-0.25, -0.2) is 4.79 Å². The number of nitrogens with zero attached hydrogens (tertiary/aromatic N) is 1. The Morgan fingerprint density at radius 3 is 2.29 bits per heavy atom. The van der Waals surface area contributed by atoms with Crippen LogP contribution in [0.4, 0.5) is 5.69 Å². The molecule has 0 aliphatic rings. The molecule has 0 fully saturated rings. The van der Waals surface area contributed by atoms with Crippen LogP contribution in [0.15, 0.2) is 103 Å². The molecule has 3 aromatic carbocycles. The molecule has 6 heteroatoms. The lowest BCUT2D eigenvalue weighted by atomic mass is 10.00. The number of carboxylic acid groups (broad SMARTS) is 1. The van der Waals surface area contributed by atoms with E-state index in [1.54, 1.807) is 54.7 Å². The molecule has 4 aromatic rings. The number of para-hydroxylation sites is 1. The number of carbonyl (C=O) groups excluding carboxylic acids is 1. The Morgan fingerprint density at radius 1 is 0.857 bits per heavy atom. The number of pyridine rings is 1. The van der Waals surface area contributed by atoms with E-state index in [0.717, 1.165) is 11.3 Å². The van der Waals surface area contributed by atoms with E-state index in [-0.39, 0.29) is 12.2 Å². The summed E-state index contributed by atoms with van der Waals surface area (Å²) in [5.74, 6) is -0.448. The van der Waals surface area contributed by atoms with Gasteiger partial charge in [0.15, 0.2) is 5.78 Å². The molecular formula is C29H26N2O4. The molecular weight excluding hydrogens is 440 g/mol. The second kappa shape index (κ2) is 11.6. The maximum Gasteiger partial charge on any atom is 0.326 e. The van der Waals surface area contributed by atoms with Crippen LogP contribution in [0.3, 0.4) is 0 Å². The highest BCUT2D eigenvalue weighted by atomic mass is 16.5. The third-order valence-electron chi connectivity index (χ3n) is 5.55. The van der Waals surface area contributed by atoms with Crippen LogP contribution < -0.4 is 10.1 Å². The minimum atomic E-state index is -0.998. The lowest BCUT2D eigenvalue weighted by molar-refractivity contribution is -0.137. The summed E-state index contributed by atoms with van der Waals surface area (Å²) in [6.07, 6.45) is 2.71. The number of ether oxygens (including phenoxy) is 1. The molecule has 0 saturated heterocycles. The first kappa shape index (κ1) is 23.7. The first-order valence-corrected chi connectivity index (χ1v) is 11.4. The Kier molecular flexibility index (Phi) is 7.86. The molecule has 1 heterocycles. The number of benzene rings is 3. The SMILES string of the molecule is O=C(c1ccccc1)c1ccccc1N[C@@H](Cc1ccc(OCCc2ccccn2)cc1)C(=O)O. The van der Waals surface area contributed by atoms with Crippen LogP contribution in [0.5, 0.6) is 5.75 Å². The van der Waals surface area contributed by atoms with Gasteiger partial charge >= 0.3 is 5.97 Å². The molecule has 176 valence electrons. The summed E-state index contributed by atoms with van der Waals surface area (Å²) in [5.41, 5.74) is 3.27. The summed E-state index contributed by atoms with van der Waals surface area (Å²) >= 11 is 0. The highest BCUT2D eigenvalue weighted by Gasteiger charge is 2.21.